The Hall–Kier alpha value is -1.10. The van der Waals surface area contributed by atoms with Gasteiger partial charge < -0.3 is 10.4 Å². The summed E-state index contributed by atoms with van der Waals surface area (Å²) in [5.74, 6) is -0.841. The van der Waals surface area contributed by atoms with Gasteiger partial charge in [0.1, 0.15) is 5.41 Å². The Morgan fingerprint density at radius 1 is 1.61 bits per heavy atom. The van der Waals surface area contributed by atoms with E-state index in [1.165, 1.54) is 30.6 Å². The van der Waals surface area contributed by atoms with E-state index in [2.05, 4.69) is 17.2 Å². The summed E-state index contributed by atoms with van der Waals surface area (Å²) in [5, 5.41) is 15.2. The first-order valence-electron chi connectivity index (χ1n) is 6.33. The van der Waals surface area contributed by atoms with E-state index in [1.54, 1.807) is 13.8 Å². The summed E-state index contributed by atoms with van der Waals surface area (Å²) in [6, 6.07) is 0. The van der Waals surface area contributed by atoms with E-state index in [0.717, 1.165) is 11.7 Å². The van der Waals surface area contributed by atoms with Crippen molar-refractivity contribution >= 4 is 22.4 Å². The largest absolute Gasteiger partial charge is 0.481 e. The zero-order chi connectivity index (χ0) is 13.4. The van der Waals surface area contributed by atoms with Gasteiger partial charge in [-0.25, -0.2) is 4.98 Å². The van der Waals surface area contributed by atoms with Gasteiger partial charge in [-0.05, 0) is 38.5 Å². The molecule has 1 fully saturated rings. The lowest BCUT2D eigenvalue weighted by Gasteiger charge is -2.16. The molecule has 0 aliphatic heterocycles. The molecule has 1 heterocycles. The Kier molecular flexibility index (Phi) is 3.36. The minimum atomic E-state index is -0.918. The summed E-state index contributed by atoms with van der Waals surface area (Å²) in [6.45, 7) is 6.53. The first-order valence-corrected chi connectivity index (χ1v) is 7.21. The van der Waals surface area contributed by atoms with Gasteiger partial charge in [0.2, 0.25) is 0 Å². The molecule has 0 amide bonds. The van der Waals surface area contributed by atoms with Crippen LogP contribution in [0.1, 0.15) is 45.7 Å². The van der Waals surface area contributed by atoms with E-state index in [-0.39, 0.29) is 0 Å². The van der Waals surface area contributed by atoms with Gasteiger partial charge in [-0.15, -0.1) is 11.3 Å². The van der Waals surface area contributed by atoms with Gasteiger partial charge >= 0.3 is 5.97 Å². The van der Waals surface area contributed by atoms with Crippen molar-refractivity contribution in [2.24, 2.45) is 5.41 Å². The summed E-state index contributed by atoms with van der Waals surface area (Å²) >= 11 is 1.49. The molecule has 18 heavy (non-hydrogen) atoms. The van der Waals surface area contributed by atoms with Crippen LogP contribution >= 0.6 is 11.3 Å². The molecule has 1 aromatic rings. The highest BCUT2D eigenvalue weighted by molar-refractivity contribution is 7.13. The molecule has 0 saturated heterocycles. The molecule has 1 saturated carbocycles. The van der Waals surface area contributed by atoms with Crippen LogP contribution in [0.3, 0.4) is 0 Å². The van der Waals surface area contributed by atoms with E-state index in [1.807, 2.05) is 5.38 Å². The molecule has 0 atom stereocenters. The highest BCUT2D eigenvalue weighted by Crippen LogP contribution is 2.48. The fraction of sp³-hybridized carbons (Fsp3) is 0.692. The summed E-state index contributed by atoms with van der Waals surface area (Å²) in [4.78, 5) is 15.5. The average Bonchev–Trinajstić information content (AvgIpc) is 2.95. The highest BCUT2D eigenvalue weighted by atomic mass is 32.1. The van der Waals surface area contributed by atoms with E-state index < -0.39 is 11.4 Å². The fourth-order valence-electron chi connectivity index (χ4n) is 1.85. The quantitative estimate of drug-likeness (QED) is 0.832. The van der Waals surface area contributed by atoms with Crippen LogP contribution in [0.25, 0.3) is 0 Å². The monoisotopic (exact) mass is 268 g/mol. The molecule has 100 valence electrons. The third kappa shape index (κ3) is 2.51. The average molecular weight is 268 g/mol. The fourth-order valence-corrected chi connectivity index (χ4v) is 2.72. The Morgan fingerprint density at radius 3 is 2.78 bits per heavy atom. The second-order valence-corrected chi connectivity index (χ2v) is 6.53. The van der Waals surface area contributed by atoms with Gasteiger partial charge in [0.05, 0.1) is 5.69 Å². The van der Waals surface area contributed by atoms with Gasteiger partial charge in [-0.1, -0.05) is 6.92 Å². The number of nitrogens with one attached hydrogen (secondary N) is 1. The van der Waals surface area contributed by atoms with Crippen molar-refractivity contribution in [3.8, 4) is 0 Å². The van der Waals surface area contributed by atoms with Crippen LogP contribution in [0.2, 0.25) is 0 Å². The predicted molar refractivity (Wildman–Crippen MR) is 73.2 cm³/mol. The van der Waals surface area contributed by atoms with Crippen molar-refractivity contribution in [1.82, 2.24) is 4.98 Å². The van der Waals surface area contributed by atoms with Crippen molar-refractivity contribution in [3.63, 3.8) is 0 Å². The van der Waals surface area contributed by atoms with Crippen molar-refractivity contribution in [2.45, 2.75) is 45.4 Å². The zero-order valence-electron chi connectivity index (χ0n) is 11.1. The maximum absolute atomic E-state index is 11.1. The van der Waals surface area contributed by atoms with Gasteiger partial charge in [-0.3, -0.25) is 4.79 Å². The third-order valence-electron chi connectivity index (χ3n) is 4.00. The highest BCUT2D eigenvalue weighted by Gasteiger charge is 2.40. The second-order valence-electron chi connectivity index (χ2n) is 5.68. The normalized spacial score (nSPS) is 17.5. The van der Waals surface area contributed by atoms with Crippen LogP contribution in [-0.4, -0.2) is 22.6 Å². The molecule has 0 radical (unpaired) electrons. The maximum Gasteiger partial charge on any atom is 0.315 e. The molecule has 2 N–H and O–H groups in total. The number of rotatable bonds is 6. The number of hydrogen-bond acceptors (Lipinski definition) is 4. The van der Waals surface area contributed by atoms with Crippen molar-refractivity contribution < 1.29 is 9.90 Å². The van der Waals surface area contributed by atoms with E-state index >= 15 is 0 Å². The third-order valence-corrected chi connectivity index (χ3v) is 4.80. The molecule has 1 aliphatic carbocycles. The molecular formula is C13H20N2O2S. The number of aliphatic carboxylic acids is 1. The van der Waals surface area contributed by atoms with E-state index in [4.69, 9.17) is 5.11 Å². The van der Waals surface area contributed by atoms with Crippen molar-refractivity contribution in [3.05, 3.63) is 11.1 Å². The lowest BCUT2D eigenvalue weighted by Crippen LogP contribution is -2.28. The number of carbonyl (C=O) groups is 1. The summed E-state index contributed by atoms with van der Waals surface area (Å²) in [6.07, 6.45) is 3.77. The maximum atomic E-state index is 11.1. The van der Waals surface area contributed by atoms with Crippen LogP contribution in [0.15, 0.2) is 5.38 Å². The van der Waals surface area contributed by atoms with Crippen molar-refractivity contribution in [1.29, 1.82) is 0 Å². The standard InChI is InChI=1S/C13H20N2O2S/c1-4-13(5-6-13)8-14-11-15-9(7-18-11)12(2,3)10(16)17/h7H,4-6,8H2,1-3H3,(H,14,15)(H,16,17). The van der Waals surface area contributed by atoms with Crippen LogP contribution in [0, 0.1) is 5.41 Å². The molecule has 4 nitrogen and oxygen atoms in total. The molecule has 0 aromatic carbocycles. The van der Waals surface area contributed by atoms with Crippen LogP contribution in [-0.2, 0) is 10.2 Å². The second kappa shape index (κ2) is 4.53. The van der Waals surface area contributed by atoms with Gasteiger partial charge in [-0.2, -0.15) is 0 Å². The van der Waals surface area contributed by atoms with Gasteiger partial charge in [0.15, 0.2) is 5.13 Å². The van der Waals surface area contributed by atoms with Gasteiger partial charge in [0, 0.05) is 11.9 Å². The first kappa shape index (κ1) is 13.3. The van der Waals surface area contributed by atoms with Crippen LogP contribution in [0.4, 0.5) is 5.13 Å². The number of carboxylic acids is 1. The Bertz CT molecular complexity index is 450. The number of aromatic nitrogens is 1. The minimum Gasteiger partial charge on any atom is -0.481 e. The lowest BCUT2D eigenvalue weighted by molar-refractivity contribution is -0.142. The van der Waals surface area contributed by atoms with Crippen LogP contribution in [0.5, 0.6) is 0 Å². The topological polar surface area (TPSA) is 62.2 Å². The molecular weight excluding hydrogens is 248 g/mol. The zero-order valence-corrected chi connectivity index (χ0v) is 11.9. The molecule has 1 aromatic heterocycles. The van der Waals surface area contributed by atoms with E-state index in [0.29, 0.717) is 11.1 Å². The molecule has 0 unspecified atom stereocenters. The molecule has 0 bridgehead atoms. The lowest BCUT2D eigenvalue weighted by atomic mass is 9.90. The van der Waals surface area contributed by atoms with E-state index in [9.17, 15) is 4.79 Å². The molecule has 1 aliphatic rings. The SMILES string of the molecule is CCC1(CNc2nc(C(C)(C)C(=O)O)cs2)CC1. The van der Waals surface area contributed by atoms with Gasteiger partial charge in [0.25, 0.3) is 0 Å². The number of carboxylic acid groups (broad SMARTS) is 1. The summed E-state index contributed by atoms with van der Waals surface area (Å²) in [7, 11) is 0. The summed E-state index contributed by atoms with van der Waals surface area (Å²) in [5.41, 5.74) is 0.177. The number of nitrogens with zero attached hydrogens (tertiary/aromatic N) is 1. The number of hydrogen-bond donors (Lipinski definition) is 2. The molecule has 2 rings (SSSR count). The first-order chi connectivity index (χ1) is 8.39. The number of anilines is 1. The Labute approximate surface area is 111 Å². The minimum absolute atomic E-state index is 0.466. The molecule has 0 spiro atoms. The summed E-state index contributed by atoms with van der Waals surface area (Å²) < 4.78 is 0. The van der Waals surface area contributed by atoms with Crippen molar-refractivity contribution in [2.75, 3.05) is 11.9 Å². The Morgan fingerprint density at radius 2 is 2.28 bits per heavy atom. The smallest absolute Gasteiger partial charge is 0.315 e. The Balaban J connectivity index is 2.00. The molecule has 5 heteroatoms. The van der Waals surface area contributed by atoms with Crippen LogP contribution < -0.4 is 5.32 Å². The predicted octanol–water partition coefficient (Wildman–Crippen LogP) is 3.11. The number of thiazole rings is 1.